The van der Waals surface area contributed by atoms with Crippen LogP contribution in [-0.4, -0.2) is 29.9 Å². The third-order valence-corrected chi connectivity index (χ3v) is 2.99. The van der Waals surface area contributed by atoms with Crippen molar-refractivity contribution in [3.8, 4) is 0 Å². The fourth-order valence-electron chi connectivity index (χ4n) is 1.76. The largest absolute Gasteiger partial charge is 0.369 e. The van der Waals surface area contributed by atoms with Crippen LogP contribution in [0.1, 0.15) is 26.7 Å². The Morgan fingerprint density at radius 1 is 1.58 bits per heavy atom. The number of hydrogen-bond acceptors (Lipinski definition) is 2. The molecule has 0 spiro atoms. The van der Waals surface area contributed by atoms with Crippen LogP contribution in [0, 0.1) is 5.92 Å². The van der Waals surface area contributed by atoms with Crippen molar-refractivity contribution in [1.29, 1.82) is 0 Å². The Hall–Kier alpha value is -0.570. The van der Waals surface area contributed by atoms with Gasteiger partial charge in [0.25, 0.3) is 0 Å². The SMILES string of the molecule is CN1CCC(C(N)=O)CC1(C)C. The number of carbonyl (C=O) groups is 1. The average Bonchev–Trinajstić information content (AvgIpc) is 1.94. The van der Waals surface area contributed by atoms with Crippen LogP contribution >= 0.6 is 0 Å². The topological polar surface area (TPSA) is 46.3 Å². The van der Waals surface area contributed by atoms with E-state index in [1.165, 1.54) is 0 Å². The van der Waals surface area contributed by atoms with Crippen molar-refractivity contribution >= 4 is 5.91 Å². The predicted molar refractivity (Wildman–Crippen MR) is 48.6 cm³/mol. The molecule has 0 bridgehead atoms. The fraction of sp³-hybridized carbons (Fsp3) is 0.889. The van der Waals surface area contributed by atoms with E-state index in [2.05, 4.69) is 25.8 Å². The first-order valence-electron chi connectivity index (χ1n) is 4.44. The fourth-order valence-corrected chi connectivity index (χ4v) is 1.76. The number of nitrogens with zero attached hydrogens (tertiary/aromatic N) is 1. The first kappa shape index (κ1) is 9.52. The lowest BCUT2D eigenvalue weighted by Crippen LogP contribution is -2.49. The summed E-state index contributed by atoms with van der Waals surface area (Å²) in [6, 6.07) is 0. The smallest absolute Gasteiger partial charge is 0.220 e. The van der Waals surface area contributed by atoms with E-state index in [0.29, 0.717) is 0 Å². The first-order chi connectivity index (χ1) is 5.43. The van der Waals surface area contributed by atoms with Crippen LogP contribution in [-0.2, 0) is 4.79 Å². The van der Waals surface area contributed by atoms with Crippen LogP contribution < -0.4 is 5.73 Å². The number of piperidine rings is 1. The Morgan fingerprint density at radius 3 is 2.58 bits per heavy atom. The highest BCUT2D eigenvalue weighted by atomic mass is 16.1. The predicted octanol–water partition coefficient (Wildman–Crippen LogP) is 0.592. The van der Waals surface area contributed by atoms with Gasteiger partial charge < -0.3 is 10.6 Å². The second kappa shape index (κ2) is 3.05. The highest BCUT2D eigenvalue weighted by molar-refractivity contribution is 5.76. The quantitative estimate of drug-likeness (QED) is 0.626. The Bertz CT molecular complexity index is 189. The van der Waals surface area contributed by atoms with Gasteiger partial charge in [-0.1, -0.05) is 0 Å². The van der Waals surface area contributed by atoms with E-state index in [1.807, 2.05) is 0 Å². The summed E-state index contributed by atoms with van der Waals surface area (Å²) in [6.07, 6.45) is 1.80. The molecule has 12 heavy (non-hydrogen) atoms. The molecule has 1 heterocycles. The summed E-state index contributed by atoms with van der Waals surface area (Å²) in [7, 11) is 2.09. The minimum Gasteiger partial charge on any atom is -0.369 e. The number of rotatable bonds is 1. The molecular formula is C9H18N2O. The Balaban J connectivity index is 2.63. The molecule has 0 aromatic rings. The molecular weight excluding hydrogens is 152 g/mol. The van der Waals surface area contributed by atoms with E-state index in [1.54, 1.807) is 0 Å². The highest BCUT2D eigenvalue weighted by Crippen LogP contribution is 2.29. The number of nitrogens with two attached hydrogens (primary N) is 1. The highest BCUT2D eigenvalue weighted by Gasteiger charge is 2.34. The van der Waals surface area contributed by atoms with E-state index in [4.69, 9.17) is 5.73 Å². The second-order valence-electron chi connectivity index (χ2n) is 4.33. The van der Waals surface area contributed by atoms with Crippen molar-refractivity contribution < 1.29 is 4.79 Å². The van der Waals surface area contributed by atoms with Gasteiger partial charge in [0.05, 0.1) is 0 Å². The van der Waals surface area contributed by atoms with Gasteiger partial charge in [-0.15, -0.1) is 0 Å². The molecule has 3 nitrogen and oxygen atoms in total. The number of amides is 1. The van der Waals surface area contributed by atoms with Gasteiger partial charge in [-0.2, -0.15) is 0 Å². The molecule has 1 aliphatic heterocycles. The summed E-state index contributed by atoms with van der Waals surface area (Å²) >= 11 is 0. The number of carbonyl (C=O) groups excluding carboxylic acids is 1. The minimum atomic E-state index is -0.142. The van der Waals surface area contributed by atoms with Gasteiger partial charge in [-0.05, 0) is 40.3 Å². The molecule has 1 fully saturated rings. The summed E-state index contributed by atoms with van der Waals surface area (Å²) < 4.78 is 0. The molecule has 70 valence electrons. The third kappa shape index (κ3) is 1.78. The Kier molecular flexibility index (Phi) is 2.42. The molecule has 3 heteroatoms. The lowest BCUT2D eigenvalue weighted by Gasteiger charge is -2.42. The van der Waals surface area contributed by atoms with Crippen LogP contribution in [0.2, 0.25) is 0 Å². The van der Waals surface area contributed by atoms with Gasteiger partial charge >= 0.3 is 0 Å². The van der Waals surface area contributed by atoms with E-state index in [9.17, 15) is 4.79 Å². The summed E-state index contributed by atoms with van der Waals surface area (Å²) in [6.45, 7) is 5.28. The van der Waals surface area contributed by atoms with Crippen molar-refractivity contribution in [1.82, 2.24) is 4.90 Å². The van der Waals surface area contributed by atoms with Crippen molar-refractivity contribution in [2.45, 2.75) is 32.2 Å². The Labute approximate surface area is 73.9 Å². The molecule has 0 aromatic heterocycles. The molecule has 2 N–H and O–H groups in total. The van der Waals surface area contributed by atoms with Crippen molar-refractivity contribution in [2.24, 2.45) is 11.7 Å². The second-order valence-corrected chi connectivity index (χ2v) is 4.33. The Morgan fingerprint density at radius 2 is 2.17 bits per heavy atom. The van der Waals surface area contributed by atoms with E-state index >= 15 is 0 Å². The van der Waals surface area contributed by atoms with Crippen LogP contribution in [0.15, 0.2) is 0 Å². The lowest BCUT2D eigenvalue weighted by molar-refractivity contribution is -0.124. The third-order valence-electron chi connectivity index (χ3n) is 2.99. The van der Waals surface area contributed by atoms with Gasteiger partial charge in [-0.25, -0.2) is 0 Å². The minimum absolute atomic E-state index is 0.0798. The molecule has 1 aliphatic rings. The van der Waals surface area contributed by atoms with E-state index in [-0.39, 0.29) is 17.4 Å². The molecule has 0 aliphatic carbocycles. The molecule has 1 amide bonds. The van der Waals surface area contributed by atoms with Gasteiger partial charge in [0.1, 0.15) is 0 Å². The summed E-state index contributed by atoms with van der Waals surface area (Å²) in [5.74, 6) is -0.0626. The van der Waals surface area contributed by atoms with Crippen LogP contribution in [0.3, 0.4) is 0 Å². The van der Waals surface area contributed by atoms with E-state index in [0.717, 1.165) is 19.4 Å². The molecule has 0 radical (unpaired) electrons. The molecule has 1 saturated heterocycles. The van der Waals surface area contributed by atoms with Gasteiger partial charge in [0.15, 0.2) is 0 Å². The molecule has 1 atom stereocenters. The molecule has 0 saturated carbocycles. The zero-order valence-corrected chi connectivity index (χ0v) is 8.13. The van der Waals surface area contributed by atoms with Gasteiger partial charge in [-0.3, -0.25) is 4.79 Å². The molecule has 1 rings (SSSR count). The van der Waals surface area contributed by atoms with Crippen molar-refractivity contribution in [2.75, 3.05) is 13.6 Å². The standard InChI is InChI=1S/C9H18N2O/c1-9(2)6-7(8(10)12)4-5-11(9)3/h7H,4-6H2,1-3H3,(H2,10,12). The maximum absolute atomic E-state index is 11.0. The molecule has 0 aromatic carbocycles. The van der Waals surface area contributed by atoms with Crippen molar-refractivity contribution in [3.05, 3.63) is 0 Å². The number of primary amides is 1. The zero-order chi connectivity index (χ0) is 9.35. The van der Waals surface area contributed by atoms with Crippen LogP contribution in [0.4, 0.5) is 0 Å². The van der Waals surface area contributed by atoms with Crippen LogP contribution in [0.25, 0.3) is 0 Å². The van der Waals surface area contributed by atoms with Gasteiger partial charge in [0.2, 0.25) is 5.91 Å². The van der Waals surface area contributed by atoms with Gasteiger partial charge in [0, 0.05) is 11.5 Å². The summed E-state index contributed by atoms with van der Waals surface area (Å²) in [5.41, 5.74) is 5.40. The van der Waals surface area contributed by atoms with E-state index < -0.39 is 0 Å². The monoisotopic (exact) mass is 170 g/mol. The average molecular weight is 170 g/mol. The van der Waals surface area contributed by atoms with Crippen molar-refractivity contribution in [3.63, 3.8) is 0 Å². The maximum Gasteiger partial charge on any atom is 0.220 e. The maximum atomic E-state index is 11.0. The summed E-state index contributed by atoms with van der Waals surface area (Å²) in [5, 5.41) is 0. The first-order valence-corrected chi connectivity index (χ1v) is 4.44. The summed E-state index contributed by atoms with van der Waals surface area (Å²) in [4.78, 5) is 13.2. The number of likely N-dealkylation sites (tertiary alicyclic amines) is 1. The lowest BCUT2D eigenvalue weighted by atomic mass is 9.83. The van der Waals surface area contributed by atoms with Crippen LogP contribution in [0.5, 0.6) is 0 Å². The number of hydrogen-bond donors (Lipinski definition) is 1. The zero-order valence-electron chi connectivity index (χ0n) is 8.13. The molecule has 1 unspecified atom stereocenters. The normalized spacial score (nSPS) is 30.1.